The van der Waals surface area contributed by atoms with Gasteiger partial charge in [0, 0.05) is 17.5 Å². The fourth-order valence-corrected chi connectivity index (χ4v) is 8.67. The summed E-state index contributed by atoms with van der Waals surface area (Å²) in [6.07, 6.45) is 7.55. The van der Waals surface area contributed by atoms with Gasteiger partial charge >= 0.3 is 5.97 Å². The van der Waals surface area contributed by atoms with Crippen LogP contribution in [0.15, 0.2) is 53.4 Å². The molecule has 3 unspecified atom stereocenters. The van der Waals surface area contributed by atoms with Crippen LogP contribution in [0.25, 0.3) is 0 Å². The smallest absolute Gasteiger partial charge is 0.329 e. The quantitative estimate of drug-likeness (QED) is 0.583. The molecule has 2 aromatic rings. The number of aryl methyl sites for hydroxylation is 1. The highest BCUT2D eigenvalue weighted by Crippen LogP contribution is 2.61. The van der Waals surface area contributed by atoms with Crippen LogP contribution < -0.4 is 5.14 Å². The standard InChI is InChI=1S/C30H36N2O5S/c1-30-16-15-23-22-9-3-2-6-19(22)11-12-24(23)25(30)13-14-27(30)37-29(34)26-10-5-17-32(26)28(33)20-7-4-8-21(18-20)38(31,35)36/h2-4,6-9,18,23-27H,5,10-17H2,1H3,(H2,31,35,36)/t23?,24?,25?,26-,27-,30-/m0/s1. The molecule has 8 heteroatoms. The van der Waals surface area contributed by atoms with Gasteiger partial charge in [-0.15, -0.1) is 0 Å². The third-order valence-electron chi connectivity index (χ3n) is 10.0. The number of sulfonamides is 1. The number of ether oxygens (including phenoxy) is 1. The Bertz CT molecular complexity index is 1370. The zero-order chi connectivity index (χ0) is 26.7. The number of fused-ring (bicyclic) bond motifs is 5. The van der Waals surface area contributed by atoms with Crippen LogP contribution in [0.5, 0.6) is 0 Å². The highest BCUT2D eigenvalue weighted by Gasteiger charge is 2.56. The maximum atomic E-state index is 13.5. The number of carbonyl (C=O) groups excluding carboxylic acids is 2. The molecule has 1 heterocycles. The zero-order valence-corrected chi connectivity index (χ0v) is 22.7. The summed E-state index contributed by atoms with van der Waals surface area (Å²) in [5.41, 5.74) is 3.19. The summed E-state index contributed by atoms with van der Waals surface area (Å²) < 4.78 is 29.8. The van der Waals surface area contributed by atoms with Gasteiger partial charge in [0.2, 0.25) is 10.0 Å². The number of likely N-dealkylation sites (tertiary alicyclic amines) is 1. The van der Waals surface area contributed by atoms with Crippen molar-refractivity contribution in [3.05, 3.63) is 65.2 Å². The molecule has 6 atom stereocenters. The number of rotatable bonds is 4. The molecule has 7 nitrogen and oxygen atoms in total. The minimum atomic E-state index is -3.93. The van der Waals surface area contributed by atoms with Gasteiger partial charge in [0.05, 0.1) is 4.90 Å². The van der Waals surface area contributed by atoms with Crippen molar-refractivity contribution in [2.24, 2.45) is 22.4 Å². The number of carbonyl (C=O) groups is 2. The number of hydrogen-bond donors (Lipinski definition) is 1. The molecule has 0 bridgehead atoms. The van der Waals surface area contributed by atoms with Crippen LogP contribution >= 0.6 is 0 Å². The van der Waals surface area contributed by atoms with Gasteiger partial charge in [-0.25, -0.2) is 18.4 Å². The third kappa shape index (κ3) is 4.26. The summed E-state index contributed by atoms with van der Waals surface area (Å²) in [6, 6.07) is 13.9. The Morgan fingerprint density at radius 3 is 2.66 bits per heavy atom. The molecule has 2 N–H and O–H groups in total. The normalized spacial score (nSPS) is 32.3. The van der Waals surface area contributed by atoms with E-state index in [9.17, 15) is 18.0 Å². The van der Waals surface area contributed by atoms with Crippen molar-refractivity contribution < 1.29 is 22.7 Å². The van der Waals surface area contributed by atoms with Crippen LogP contribution in [0.1, 0.15) is 79.3 Å². The third-order valence-corrected chi connectivity index (χ3v) is 10.9. The molecule has 3 aliphatic carbocycles. The van der Waals surface area contributed by atoms with E-state index in [2.05, 4.69) is 31.2 Å². The molecule has 202 valence electrons. The van der Waals surface area contributed by atoms with Crippen LogP contribution in [0, 0.1) is 17.3 Å². The lowest BCUT2D eigenvalue weighted by Gasteiger charge is -2.50. The van der Waals surface area contributed by atoms with Crippen molar-refractivity contribution in [1.29, 1.82) is 0 Å². The van der Waals surface area contributed by atoms with E-state index in [-0.39, 0.29) is 33.9 Å². The molecular formula is C30H36N2O5S. The van der Waals surface area contributed by atoms with Gasteiger partial charge < -0.3 is 9.64 Å². The molecule has 6 rings (SSSR count). The van der Waals surface area contributed by atoms with Crippen molar-refractivity contribution in [3.8, 4) is 0 Å². The molecule has 2 aromatic carbocycles. The summed E-state index contributed by atoms with van der Waals surface area (Å²) >= 11 is 0. The van der Waals surface area contributed by atoms with Gasteiger partial charge in [-0.1, -0.05) is 37.3 Å². The summed E-state index contributed by atoms with van der Waals surface area (Å²) in [4.78, 5) is 28.2. The highest BCUT2D eigenvalue weighted by atomic mass is 32.2. The number of primary sulfonamides is 1. The van der Waals surface area contributed by atoms with Gasteiger partial charge in [-0.2, -0.15) is 0 Å². The molecule has 1 aliphatic heterocycles. The molecule has 0 aromatic heterocycles. The minimum Gasteiger partial charge on any atom is -0.460 e. The first-order valence-corrected chi connectivity index (χ1v) is 15.4. The highest BCUT2D eigenvalue weighted by molar-refractivity contribution is 7.89. The number of amides is 1. The van der Waals surface area contributed by atoms with E-state index in [0.717, 1.165) is 32.1 Å². The average molecular weight is 537 g/mol. The first-order valence-electron chi connectivity index (χ1n) is 13.9. The van der Waals surface area contributed by atoms with Crippen molar-refractivity contribution in [2.75, 3.05) is 6.54 Å². The lowest BCUT2D eigenvalue weighted by molar-refractivity contribution is -0.162. The largest absolute Gasteiger partial charge is 0.460 e. The van der Waals surface area contributed by atoms with E-state index < -0.39 is 16.1 Å². The minimum absolute atomic E-state index is 0.0413. The van der Waals surface area contributed by atoms with Crippen LogP contribution in [-0.2, 0) is 26.0 Å². The lowest BCUT2D eigenvalue weighted by Crippen LogP contribution is -2.47. The summed E-state index contributed by atoms with van der Waals surface area (Å²) in [5.74, 6) is 1.06. The number of nitrogens with two attached hydrogens (primary N) is 1. The SMILES string of the molecule is C[C@]12CCC3c4ccccc4CCC3C1CC[C@@H]2OC(=O)[C@@H]1CCCN1C(=O)c1cccc(S(N)(=O)=O)c1. The Labute approximate surface area is 224 Å². The maximum Gasteiger partial charge on any atom is 0.329 e. The Kier molecular flexibility index (Phi) is 6.38. The Morgan fingerprint density at radius 2 is 1.84 bits per heavy atom. The molecule has 1 saturated heterocycles. The molecule has 4 aliphatic rings. The van der Waals surface area contributed by atoms with Crippen molar-refractivity contribution in [2.45, 2.75) is 81.2 Å². The second-order valence-corrected chi connectivity index (χ2v) is 13.5. The van der Waals surface area contributed by atoms with Crippen molar-refractivity contribution >= 4 is 21.9 Å². The second kappa shape index (κ2) is 9.49. The van der Waals surface area contributed by atoms with Gasteiger partial charge in [0.25, 0.3) is 5.91 Å². The summed E-state index contributed by atoms with van der Waals surface area (Å²) in [5, 5.41) is 5.25. The molecule has 0 radical (unpaired) electrons. The van der Waals surface area contributed by atoms with Crippen LogP contribution in [0.3, 0.4) is 0 Å². The van der Waals surface area contributed by atoms with E-state index >= 15 is 0 Å². The number of nitrogens with zero attached hydrogens (tertiary/aromatic N) is 1. The average Bonchev–Trinajstić information content (AvgIpc) is 3.53. The van der Waals surface area contributed by atoms with E-state index in [1.54, 1.807) is 6.07 Å². The Hall–Kier alpha value is -2.71. The molecule has 3 fully saturated rings. The monoisotopic (exact) mass is 536 g/mol. The first-order chi connectivity index (χ1) is 18.2. The van der Waals surface area contributed by atoms with Crippen LogP contribution in [0.4, 0.5) is 0 Å². The Morgan fingerprint density at radius 1 is 1.03 bits per heavy atom. The second-order valence-electron chi connectivity index (χ2n) is 11.9. The molecular weight excluding hydrogens is 500 g/mol. The zero-order valence-electron chi connectivity index (χ0n) is 21.8. The molecule has 2 saturated carbocycles. The van der Waals surface area contributed by atoms with Crippen LogP contribution in [0.2, 0.25) is 0 Å². The van der Waals surface area contributed by atoms with Crippen molar-refractivity contribution in [1.82, 2.24) is 4.90 Å². The molecule has 1 amide bonds. The number of benzene rings is 2. The molecule has 38 heavy (non-hydrogen) atoms. The van der Waals surface area contributed by atoms with Gasteiger partial charge in [-0.05, 0) is 98.4 Å². The fraction of sp³-hybridized carbons (Fsp3) is 0.533. The Balaban J connectivity index is 1.16. The van der Waals surface area contributed by atoms with Gasteiger partial charge in [0.1, 0.15) is 12.1 Å². The molecule has 0 spiro atoms. The van der Waals surface area contributed by atoms with E-state index in [4.69, 9.17) is 9.88 Å². The topological polar surface area (TPSA) is 107 Å². The van der Waals surface area contributed by atoms with E-state index in [0.29, 0.717) is 37.1 Å². The van der Waals surface area contributed by atoms with Crippen molar-refractivity contribution in [3.63, 3.8) is 0 Å². The predicted molar refractivity (Wildman–Crippen MR) is 143 cm³/mol. The van der Waals surface area contributed by atoms with Gasteiger partial charge in [-0.3, -0.25) is 4.79 Å². The summed E-state index contributed by atoms with van der Waals surface area (Å²) in [7, 11) is -3.93. The van der Waals surface area contributed by atoms with Crippen LogP contribution in [-0.4, -0.2) is 43.9 Å². The first kappa shape index (κ1) is 25.6. The number of hydrogen-bond acceptors (Lipinski definition) is 5. The number of esters is 1. The maximum absolute atomic E-state index is 13.5. The predicted octanol–water partition coefficient (Wildman–Crippen LogP) is 4.41. The summed E-state index contributed by atoms with van der Waals surface area (Å²) in [6.45, 7) is 2.75. The van der Waals surface area contributed by atoms with Gasteiger partial charge in [0.15, 0.2) is 0 Å². The van der Waals surface area contributed by atoms with E-state index in [1.807, 2.05) is 0 Å². The fourth-order valence-electron chi connectivity index (χ4n) is 8.11. The van der Waals surface area contributed by atoms with E-state index in [1.165, 1.54) is 40.6 Å². The lowest BCUT2D eigenvalue weighted by atomic mass is 9.55.